The molecular weight excluding hydrogens is 144 g/mol. The van der Waals surface area contributed by atoms with Gasteiger partial charge in [0.2, 0.25) is 0 Å². The third kappa shape index (κ3) is 2.03. The van der Waals surface area contributed by atoms with Crippen LogP contribution in [0.1, 0.15) is 25.7 Å². The zero-order valence-electron chi connectivity index (χ0n) is 6.63. The fourth-order valence-corrected chi connectivity index (χ4v) is 1.39. The molecule has 1 unspecified atom stereocenters. The van der Waals surface area contributed by atoms with Gasteiger partial charge in [-0.15, -0.1) is 0 Å². The molecule has 0 N–H and O–H groups in total. The molecule has 1 rings (SSSR count). The fraction of sp³-hybridized carbons (Fsp3) is 0.750. The maximum Gasteiger partial charge on any atom is 0.309 e. The Kier molecular flexibility index (Phi) is 2.63. The van der Waals surface area contributed by atoms with Crippen LogP contribution in [0, 0.1) is 5.92 Å². The van der Waals surface area contributed by atoms with E-state index >= 15 is 0 Å². The standard InChI is InChI=1S/C8H12O3/c1-11-8(10)6-3-2-4-7(9)5-6/h6H,2-5H2,1H3. The number of ketones is 1. The summed E-state index contributed by atoms with van der Waals surface area (Å²) in [6.07, 6.45) is 2.65. The van der Waals surface area contributed by atoms with Crippen LogP contribution in [0.15, 0.2) is 0 Å². The maximum absolute atomic E-state index is 10.9. The molecule has 1 saturated carbocycles. The van der Waals surface area contributed by atoms with Crippen LogP contribution in [0.2, 0.25) is 0 Å². The van der Waals surface area contributed by atoms with Crippen molar-refractivity contribution in [2.45, 2.75) is 25.7 Å². The molecule has 62 valence electrons. The van der Waals surface area contributed by atoms with Crippen LogP contribution in [-0.4, -0.2) is 18.9 Å². The van der Waals surface area contributed by atoms with Crippen LogP contribution >= 0.6 is 0 Å². The first-order valence-corrected chi connectivity index (χ1v) is 3.83. The molecule has 0 saturated heterocycles. The highest BCUT2D eigenvalue weighted by atomic mass is 16.5. The molecule has 0 aromatic carbocycles. The van der Waals surface area contributed by atoms with E-state index in [2.05, 4.69) is 4.74 Å². The van der Waals surface area contributed by atoms with E-state index in [-0.39, 0.29) is 17.7 Å². The summed E-state index contributed by atoms with van der Waals surface area (Å²) >= 11 is 0. The Morgan fingerprint density at radius 3 is 2.91 bits per heavy atom. The van der Waals surface area contributed by atoms with Crippen molar-refractivity contribution in [3.05, 3.63) is 0 Å². The fourth-order valence-electron chi connectivity index (χ4n) is 1.39. The number of carbonyl (C=O) groups is 2. The monoisotopic (exact) mass is 156 g/mol. The van der Waals surface area contributed by atoms with Crippen molar-refractivity contribution < 1.29 is 14.3 Å². The molecule has 1 atom stereocenters. The Balaban J connectivity index is 2.45. The zero-order valence-corrected chi connectivity index (χ0v) is 6.63. The van der Waals surface area contributed by atoms with Gasteiger partial charge in [0.05, 0.1) is 13.0 Å². The van der Waals surface area contributed by atoms with E-state index < -0.39 is 0 Å². The third-order valence-corrected chi connectivity index (χ3v) is 2.02. The lowest BCUT2D eigenvalue weighted by atomic mass is 9.88. The normalized spacial score (nSPS) is 24.8. The quantitative estimate of drug-likeness (QED) is 0.530. The van der Waals surface area contributed by atoms with Gasteiger partial charge in [-0.1, -0.05) is 0 Å². The predicted molar refractivity (Wildman–Crippen MR) is 39.0 cm³/mol. The summed E-state index contributed by atoms with van der Waals surface area (Å²) in [4.78, 5) is 21.8. The van der Waals surface area contributed by atoms with Crippen LogP contribution in [0.4, 0.5) is 0 Å². The summed E-state index contributed by atoms with van der Waals surface area (Å²) in [6, 6.07) is 0. The highest BCUT2D eigenvalue weighted by Crippen LogP contribution is 2.21. The summed E-state index contributed by atoms with van der Waals surface area (Å²) in [5.41, 5.74) is 0. The molecule has 1 aliphatic rings. The van der Waals surface area contributed by atoms with Crippen molar-refractivity contribution in [1.29, 1.82) is 0 Å². The average molecular weight is 156 g/mol. The second kappa shape index (κ2) is 3.51. The van der Waals surface area contributed by atoms with E-state index in [1.807, 2.05) is 0 Å². The molecule has 0 aliphatic heterocycles. The first kappa shape index (κ1) is 8.24. The van der Waals surface area contributed by atoms with Gasteiger partial charge in [0.1, 0.15) is 5.78 Å². The van der Waals surface area contributed by atoms with Gasteiger partial charge in [-0.25, -0.2) is 0 Å². The van der Waals surface area contributed by atoms with Crippen molar-refractivity contribution in [3.8, 4) is 0 Å². The minimum Gasteiger partial charge on any atom is -0.469 e. The second-order valence-corrected chi connectivity index (χ2v) is 2.86. The van der Waals surface area contributed by atoms with Gasteiger partial charge in [-0.3, -0.25) is 9.59 Å². The number of carbonyl (C=O) groups excluding carboxylic acids is 2. The van der Waals surface area contributed by atoms with Gasteiger partial charge in [-0.2, -0.15) is 0 Å². The van der Waals surface area contributed by atoms with E-state index in [9.17, 15) is 9.59 Å². The van der Waals surface area contributed by atoms with Gasteiger partial charge in [0.25, 0.3) is 0 Å². The number of hydrogen-bond donors (Lipinski definition) is 0. The molecule has 3 nitrogen and oxygen atoms in total. The molecule has 3 heteroatoms. The van der Waals surface area contributed by atoms with E-state index in [4.69, 9.17) is 0 Å². The average Bonchev–Trinajstić information content (AvgIpc) is 2.03. The molecule has 0 spiro atoms. The van der Waals surface area contributed by atoms with Gasteiger partial charge in [0.15, 0.2) is 0 Å². The molecule has 0 aromatic rings. The van der Waals surface area contributed by atoms with Crippen molar-refractivity contribution in [1.82, 2.24) is 0 Å². The highest BCUT2D eigenvalue weighted by Gasteiger charge is 2.25. The molecule has 1 fully saturated rings. The predicted octanol–water partition coefficient (Wildman–Crippen LogP) is 0.919. The van der Waals surface area contributed by atoms with Crippen LogP contribution in [0.5, 0.6) is 0 Å². The summed E-state index contributed by atoms with van der Waals surface area (Å²) in [5, 5.41) is 0. The second-order valence-electron chi connectivity index (χ2n) is 2.86. The van der Waals surface area contributed by atoms with Crippen LogP contribution in [-0.2, 0) is 14.3 Å². The summed E-state index contributed by atoms with van der Waals surface area (Å²) in [7, 11) is 1.36. The van der Waals surface area contributed by atoms with Crippen molar-refractivity contribution in [3.63, 3.8) is 0 Å². The Hall–Kier alpha value is -0.860. The van der Waals surface area contributed by atoms with Gasteiger partial charge >= 0.3 is 5.97 Å². The zero-order chi connectivity index (χ0) is 8.27. The summed E-state index contributed by atoms with van der Waals surface area (Å²) < 4.78 is 4.55. The van der Waals surface area contributed by atoms with E-state index in [0.717, 1.165) is 12.8 Å². The maximum atomic E-state index is 10.9. The Morgan fingerprint density at radius 2 is 2.36 bits per heavy atom. The van der Waals surface area contributed by atoms with Gasteiger partial charge in [-0.05, 0) is 12.8 Å². The van der Waals surface area contributed by atoms with Gasteiger partial charge in [0, 0.05) is 12.8 Å². The third-order valence-electron chi connectivity index (χ3n) is 2.02. The number of Topliss-reactive ketones (excluding diaryl/α,β-unsaturated/α-hetero) is 1. The molecule has 0 heterocycles. The summed E-state index contributed by atoms with van der Waals surface area (Å²) in [5.74, 6) is -0.217. The largest absolute Gasteiger partial charge is 0.469 e. The molecule has 0 radical (unpaired) electrons. The Labute approximate surface area is 65.7 Å². The van der Waals surface area contributed by atoms with Crippen LogP contribution in [0.25, 0.3) is 0 Å². The lowest BCUT2D eigenvalue weighted by molar-refractivity contribution is -0.148. The van der Waals surface area contributed by atoms with Gasteiger partial charge < -0.3 is 4.74 Å². The van der Waals surface area contributed by atoms with Crippen LogP contribution < -0.4 is 0 Å². The Morgan fingerprint density at radius 1 is 1.64 bits per heavy atom. The van der Waals surface area contributed by atoms with E-state index in [1.165, 1.54) is 7.11 Å². The molecular formula is C8H12O3. The summed E-state index contributed by atoms with van der Waals surface area (Å²) in [6.45, 7) is 0. The van der Waals surface area contributed by atoms with Crippen LogP contribution in [0.3, 0.4) is 0 Å². The first-order valence-electron chi connectivity index (χ1n) is 3.83. The van der Waals surface area contributed by atoms with Crippen molar-refractivity contribution >= 4 is 11.8 Å². The first-order chi connectivity index (χ1) is 5.24. The molecule has 1 aliphatic carbocycles. The highest BCUT2D eigenvalue weighted by molar-refractivity contribution is 5.85. The molecule has 0 aromatic heterocycles. The number of methoxy groups -OCH3 is 1. The van der Waals surface area contributed by atoms with Crippen molar-refractivity contribution in [2.24, 2.45) is 5.92 Å². The molecule has 11 heavy (non-hydrogen) atoms. The minimum atomic E-state index is -0.238. The SMILES string of the molecule is COC(=O)C1CCCC(=O)C1. The lowest BCUT2D eigenvalue weighted by Crippen LogP contribution is -2.23. The van der Waals surface area contributed by atoms with Crippen molar-refractivity contribution in [2.75, 3.05) is 7.11 Å². The topological polar surface area (TPSA) is 43.4 Å². The minimum absolute atomic E-state index is 0.166. The number of hydrogen-bond acceptors (Lipinski definition) is 3. The lowest BCUT2D eigenvalue weighted by Gasteiger charge is -2.17. The van der Waals surface area contributed by atoms with E-state index in [0.29, 0.717) is 12.8 Å². The Bertz CT molecular complexity index is 174. The number of ether oxygens (including phenoxy) is 1. The number of rotatable bonds is 1. The van der Waals surface area contributed by atoms with E-state index in [1.54, 1.807) is 0 Å². The molecule has 0 amide bonds. The molecule has 0 bridgehead atoms. The smallest absolute Gasteiger partial charge is 0.309 e. The number of esters is 1.